The van der Waals surface area contributed by atoms with Gasteiger partial charge in [-0.3, -0.25) is 5.43 Å². The molecule has 0 radical (unpaired) electrons. The second-order valence-electron chi connectivity index (χ2n) is 4.48. The SMILES string of the molecule is Cc1cccc(NC(=S)NN2CCCCC2)c1. The van der Waals surface area contributed by atoms with Crippen molar-refractivity contribution < 1.29 is 0 Å². The molecular weight excluding hydrogens is 230 g/mol. The van der Waals surface area contributed by atoms with Crippen molar-refractivity contribution in [2.24, 2.45) is 0 Å². The molecule has 1 heterocycles. The number of hydrogen-bond acceptors (Lipinski definition) is 2. The molecule has 0 saturated carbocycles. The number of hydrazine groups is 1. The van der Waals surface area contributed by atoms with Gasteiger partial charge in [-0.05, 0) is 49.7 Å². The van der Waals surface area contributed by atoms with E-state index < -0.39 is 0 Å². The highest BCUT2D eigenvalue weighted by Crippen LogP contribution is 2.10. The van der Waals surface area contributed by atoms with E-state index in [1.807, 2.05) is 12.1 Å². The predicted octanol–water partition coefficient (Wildman–Crippen LogP) is 2.68. The number of nitrogens with one attached hydrogen (secondary N) is 2. The Morgan fingerprint density at radius 1 is 1.24 bits per heavy atom. The molecule has 1 aliphatic heterocycles. The van der Waals surface area contributed by atoms with Crippen LogP contribution in [0.2, 0.25) is 0 Å². The van der Waals surface area contributed by atoms with Gasteiger partial charge in [0.2, 0.25) is 0 Å². The van der Waals surface area contributed by atoms with Crippen molar-refractivity contribution >= 4 is 23.0 Å². The van der Waals surface area contributed by atoms with E-state index in [0.29, 0.717) is 5.11 Å². The van der Waals surface area contributed by atoms with Gasteiger partial charge in [0.15, 0.2) is 5.11 Å². The molecule has 4 heteroatoms. The van der Waals surface area contributed by atoms with E-state index in [1.165, 1.54) is 24.8 Å². The van der Waals surface area contributed by atoms with Crippen LogP contribution in [0.3, 0.4) is 0 Å². The van der Waals surface area contributed by atoms with Crippen LogP contribution >= 0.6 is 12.2 Å². The molecule has 0 amide bonds. The van der Waals surface area contributed by atoms with Crippen LogP contribution in [0.1, 0.15) is 24.8 Å². The zero-order valence-electron chi connectivity index (χ0n) is 10.2. The lowest BCUT2D eigenvalue weighted by atomic mass is 10.2. The Morgan fingerprint density at radius 2 is 2.00 bits per heavy atom. The third-order valence-electron chi connectivity index (χ3n) is 2.89. The molecule has 0 aliphatic carbocycles. The highest BCUT2D eigenvalue weighted by molar-refractivity contribution is 7.80. The van der Waals surface area contributed by atoms with Gasteiger partial charge in [0.1, 0.15) is 0 Å². The number of thiocarbonyl (C=S) groups is 1. The molecule has 92 valence electrons. The fraction of sp³-hybridized carbons (Fsp3) is 0.462. The number of piperidine rings is 1. The molecule has 0 bridgehead atoms. The van der Waals surface area contributed by atoms with Crippen LogP contribution in [0, 0.1) is 6.92 Å². The first kappa shape index (κ1) is 12.3. The van der Waals surface area contributed by atoms with Crippen LogP contribution in [0.15, 0.2) is 24.3 Å². The van der Waals surface area contributed by atoms with Crippen molar-refractivity contribution in [2.45, 2.75) is 26.2 Å². The molecule has 17 heavy (non-hydrogen) atoms. The van der Waals surface area contributed by atoms with Crippen molar-refractivity contribution in [1.29, 1.82) is 0 Å². The Hall–Kier alpha value is -1.13. The Balaban J connectivity index is 1.84. The van der Waals surface area contributed by atoms with E-state index in [-0.39, 0.29) is 0 Å². The molecule has 3 nitrogen and oxygen atoms in total. The van der Waals surface area contributed by atoms with E-state index in [4.69, 9.17) is 12.2 Å². The summed E-state index contributed by atoms with van der Waals surface area (Å²) in [6, 6.07) is 8.22. The van der Waals surface area contributed by atoms with E-state index >= 15 is 0 Å². The molecule has 0 spiro atoms. The van der Waals surface area contributed by atoms with E-state index in [9.17, 15) is 0 Å². The van der Waals surface area contributed by atoms with Gasteiger partial charge in [-0.25, -0.2) is 5.01 Å². The van der Waals surface area contributed by atoms with Crippen LogP contribution in [0.4, 0.5) is 5.69 Å². The quantitative estimate of drug-likeness (QED) is 0.788. The molecule has 1 aliphatic rings. The van der Waals surface area contributed by atoms with Crippen molar-refractivity contribution in [2.75, 3.05) is 18.4 Å². The summed E-state index contributed by atoms with van der Waals surface area (Å²) in [5.74, 6) is 0. The molecule has 1 aromatic carbocycles. The number of hydrogen-bond donors (Lipinski definition) is 2. The lowest BCUT2D eigenvalue weighted by molar-refractivity contribution is 0.196. The fourth-order valence-electron chi connectivity index (χ4n) is 2.03. The Labute approximate surface area is 108 Å². The maximum atomic E-state index is 5.30. The van der Waals surface area contributed by atoms with Gasteiger partial charge < -0.3 is 5.32 Å². The Morgan fingerprint density at radius 3 is 2.71 bits per heavy atom. The van der Waals surface area contributed by atoms with Crippen LogP contribution in [-0.4, -0.2) is 23.2 Å². The largest absolute Gasteiger partial charge is 0.332 e. The van der Waals surface area contributed by atoms with Gasteiger partial charge in [-0.2, -0.15) is 0 Å². The normalized spacial score (nSPS) is 16.5. The third-order valence-corrected chi connectivity index (χ3v) is 3.09. The minimum atomic E-state index is 0.678. The molecule has 1 aromatic rings. The topological polar surface area (TPSA) is 27.3 Å². The summed E-state index contributed by atoms with van der Waals surface area (Å²) in [5.41, 5.74) is 5.51. The molecule has 1 fully saturated rings. The number of benzene rings is 1. The predicted molar refractivity (Wildman–Crippen MR) is 76.0 cm³/mol. The Bertz CT molecular complexity index is 386. The van der Waals surface area contributed by atoms with E-state index in [0.717, 1.165) is 18.8 Å². The highest BCUT2D eigenvalue weighted by Gasteiger charge is 2.10. The first-order valence-electron chi connectivity index (χ1n) is 6.13. The van der Waals surface area contributed by atoms with Crippen LogP contribution in [-0.2, 0) is 0 Å². The average Bonchev–Trinajstić information content (AvgIpc) is 2.30. The zero-order chi connectivity index (χ0) is 12.1. The summed E-state index contributed by atoms with van der Waals surface area (Å²) in [6.45, 7) is 4.23. The first-order valence-corrected chi connectivity index (χ1v) is 6.54. The minimum Gasteiger partial charge on any atom is -0.332 e. The van der Waals surface area contributed by atoms with Crippen molar-refractivity contribution in [1.82, 2.24) is 10.4 Å². The second-order valence-corrected chi connectivity index (χ2v) is 4.89. The monoisotopic (exact) mass is 249 g/mol. The molecule has 0 unspecified atom stereocenters. The number of aryl methyl sites for hydroxylation is 1. The van der Waals surface area contributed by atoms with Gasteiger partial charge in [-0.1, -0.05) is 18.6 Å². The van der Waals surface area contributed by atoms with Crippen LogP contribution in [0.5, 0.6) is 0 Å². The zero-order valence-corrected chi connectivity index (χ0v) is 11.0. The molecule has 0 atom stereocenters. The molecule has 1 saturated heterocycles. The number of anilines is 1. The summed E-state index contributed by atoms with van der Waals surface area (Å²) < 4.78 is 0. The smallest absolute Gasteiger partial charge is 0.185 e. The standard InChI is InChI=1S/C13H19N3S/c1-11-6-5-7-12(10-11)14-13(17)15-16-8-3-2-4-9-16/h5-7,10H,2-4,8-9H2,1H3,(H2,14,15,17). The lowest BCUT2D eigenvalue weighted by Gasteiger charge is -2.28. The summed E-state index contributed by atoms with van der Waals surface area (Å²) in [5, 5.41) is 6.08. The van der Waals surface area contributed by atoms with Gasteiger partial charge in [-0.15, -0.1) is 0 Å². The number of rotatable bonds is 2. The first-order chi connectivity index (χ1) is 8.24. The molecule has 0 aromatic heterocycles. The maximum absolute atomic E-state index is 5.30. The maximum Gasteiger partial charge on any atom is 0.185 e. The number of nitrogens with zero attached hydrogens (tertiary/aromatic N) is 1. The van der Waals surface area contributed by atoms with Crippen LogP contribution in [0.25, 0.3) is 0 Å². The third kappa shape index (κ3) is 3.98. The molecular formula is C13H19N3S. The fourth-order valence-corrected chi connectivity index (χ4v) is 2.28. The summed E-state index contributed by atoms with van der Waals surface area (Å²) in [7, 11) is 0. The van der Waals surface area contributed by atoms with Crippen molar-refractivity contribution in [3.63, 3.8) is 0 Å². The van der Waals surface area contributed by atoms with Crippen molar-refractivity contribution in [3.05, 3.63) is 29.8 Å². The van der Waals surface area contributed by atoms with Gasteiger partial charge in [0, 0.05) is 18.8 Å². The van der Waals surface area contributed by atoms with E-state index in [1.54, 1.807) is 0 Å². The minimum absolute atomic E-state index is 0.678. The molecule has 2 N–H and O–H groups in total. The summed E-state index contributed by atoms with van der Waals surface area (Å²) >= 11 is 5.30. The average molecular weight is 249 g/mol. The highest BCUT2D eigenvalue weighted by atomic mass is 32.1. The summed E-state index contributed by atoms with van der Waals surface area (Å²) in [6.07, 6.45) is 3.83. The van der Waals surface area contributed by atoms with E-state index in [2.05, 4.69) is 34.8 Å². The van der Waals surface area contributed by atoms with Gasteiger partial charge in [0.05, 0.1) is 0 Å². The van der Waals surface area contributed by atoms with Crippen LogP contribution < -0.4 is 10.7 Å². The molecule has 2 rings (SSSR count). The second kappa shape index (κ2) is 5.98. The van der Waals surface area contributed by atoms with Gasteiger partial charge >= 0.3 is 0 Å². The van der Waals surface area contributed by atoms with Crippen molar-refractivity contribution in [3.8, 4) is 0 Å². The lowest BCUT2D eigenvalue weighted by Crippen LogP contribution is -2.46. The summed E-state index contributed by atoms with van der Waals surface area (Å²) in [4.78, 5) is 0. The van der Waals surface area contributed by atoms with Gasteiger partial charge in [0.25, 0.3) is 0 Å². The Kier molecular flexibility index (Phi) is 4.34.